The monoisotopic (exact) mass is 347 g/mol. The third-order valence-electron chi connectivity index (χ3n) is 3.59. The van der Waals surface area contributed by atoms with Crippen molar-refractivity contribution in [3.05, 3.63) is 41.5 Å². The molecule has 0 radical (unpaired) electrons. The molecule has 1 amide bonds. The average Bonchev–Trinajstić information content (AvgIpc) is 2.76. The Bertz CT molecular complexity index is 721. The maximum atomic E-state index is 12.5. The summed E-state index contributed by atoms with van der Waals surface area (Å²) < 4.78 is 60.1. The highest BCUT2D eigenvalue weighted by molar-refractivity contribution is 7.91. The molecular formula is C15H16F3NO3S. The van der Waals surface area contributed by atoms with Gasteiger partial charge in [0.05, 0.1) is 17.1 Å². The molecule has 1 unspecified atom stereocenters. The quantitative estimate of drug-likeness (QED) is 0.854. The topological polar surface area (TPSA) is 63.2 Å². The van der Waals surface area contributed by atoms with Gasteiger partial charge in [0, 0.05) is 12.1 Å². The molecule has 0 spiro atoms. The standard InChI is InChI=1S/C15H16F3NO3S/c1-10(11-2-4-12(5-3-11)15(16,17)18)8-14(20)19-13-6-7-23(21,22)9-13/h2-5,8,13H,6-7,9H2,1H3,(H,19,20). The highest BCUT2D eigenvalue weighted by Crippen LogP contribution is 2.30. The van der Waals surface area contributed by atoms with Crippen molar-refractivity contribution >= 4 is 21.3 Å². The lowest BCUT2D eigenvalue weighted by Gasteiger charge is -2.10. The van der Waals surface area contributed by atoms with Gasteiger partial charge in [-0.15, -0.1) is 0 Å². The van der Waals surface area contributed by atoms with Crippen molar-refractivity contribution < 1.29 is 26.4 Å². The number of alkyl halides is 3. The maximum absolute atomic E-state index is 12.5. The van der Waals surface area contributed by atoms with Crippen LogP contribution in [0.25, 0.3) is 5.57 Å². The maximum Gasteiger partial charge on any atom is 0.416 e. The fourth-order valence-electron chi connectivity index (χ4n) is 2.35. The summed E-state index contributed by atoms with van der Waals surface area (Å²) in [6.07, 6.45) is -2.77. The van der Waals surface area contributed by atoms with Crippen LogP contribution in [-0.4, -0.2) is 31.9 Å². The van der Waals surface area contributed by atoms with Crippen molar-refractivity contribution in [1.82, 2.24) is 5.32 Å². The summed E-state index contributed by atoms with van der Waals surface area (Å²) in [7, 11) is -3.08. The molecule has 1 aliphatic rings. The Morgan fingerprint density at radius 2 is 1.87 bits per heavy atom. The molecule has 1 saturated heterocycles. The first-order valence-corrected chi connectivity index (χ1v) is 8.76. The van der Waals surface area contributed by atoms with Gasteiger partial charge in [0.15, 0.2) is 9.84 Å². The Labute approximate surface area is 132 Å². The van der Waals surface area contributed by atoms with Crippen LogP contribution in [0.2, 0.25) is 0 Å². The van der Waals surface area contributed by atoms with Crippen LogP contribution in [0.1, 0.15) is 24.5 Å². The first kappa shape index (κ1) is 17.5. The molecule has 2 rings (SSSR count). The number of sulfone groups is 1. The Kier molecular flexibility index (Phi) is 4.84. The van der Waals surface area contributed by atoms with Gasteiger partial charge in [-0.05, 0) is 36.6 Å². The summed E-state index contributed by atoms with van der Waals surface area (Å²) in [5.41, 5.74) is 0.235. The van der Waals surface area contributed by atoms with E-state index < -0.39 is 33.5 Å². The van der Waals surface area contributed by atoms with Crippen molar-refractivity contribution in [3.8, 4) is 0 Å². The van der Waals surface area contributed by atoms with E-state index in [0.717, 1.165) is 12.1 Å². The number of halogens is 3. The Balaban J connectivity index is 2.03. The lowest BCUT2D eigenvalue weighted by molar-refractivity contribution is -0.137. The molecule has 1 aromatic rings. The Hall–Kier alpha value is -1.83. The number of carbonyl (C=O) groups excluding carboxylic acids is 1. The van der Waals surface area contributed by atoms with Gasteiger partial charge >= 0.3 is 6.18 Å². The molecule has 0 aromatic heterocycles. The van der Waals surface area contributed by atoms with Crippen LogP contribution in [-0.2, 0) is 20.8 Å². The third kappa shape index (κ3) is 4.82. The molecule has 1 fully saturated rings. The highest BCUT2D eigenvalue weighted by atomic mass is 32.2. The molecule has 8 heteroatoms. The molecule has 4 nitrogen and oxygen atoms in total. The van der Waals surface area contributed by atoms with E-state index in [2.05, 4.69) is 5.32 Å². The summed E-state index contributed by atoms with van der Waals surface area (Å²) in [5.74, 6) is -0.477. The van der Waals surface area contributed by atoms with Crippen LogP contribution < -0.4 is 5.32 Å². The van der Waals surface area contributed by atoms with Gasteiger partial charge in [-0.3, -0.25) is 4.79 Å². The summed E-state index contributed by atoms with van der Waals surface area (Å²) in [6.45, 7) is 1.60. The first-order chi connectivity index (χ1) is 10.6. The molecule has 1 aromatic carbocycles. The smallest absolute Gasteiger partial charge is 0.349 e. The number of carbonyl (C=O) groups is 1. The average molecular weight is 347 g/mol. The molecule has 0 aliphatic carbocycles. The fraction of sp³-hybridized carbons (Fsp3) is 0.400. The van der Waals surface area contributed by atoms with Gasteiger partial charge in [-0.1, -0.05) is 12.1 Å². The van der Waals surface area contributed by atoms with E-state index in [1.807, 2.05) is 0 Å². The fourth-order valence-corrected chi connectivity index (χ4v) is 4.03. The zero-order valence-corrected chi connectivity index (χ0v) is 13.2. The molecule has 1 heterocycles. The SMILES string of the molecule is CC(=CC(=O)NC1CCS(=O)(=O)C1)c1ccc(C(F)(F)F)cc1. The molecule has 1 N–H and O–H groups in total. The van der Waals surface area contributed by atoms with Crippen molar-refractivity contribution in [2.24, 2.45) is 0 Å². The van der Waals surface area contributed by atoms with Gasteiger partial charge in [0.2, 0.25) is 5.91 Å². The minimum absolute atomic E-state index is 0.0551. The molecular weight excluding hydrogens is 331 g/mol. The summed E-state index contributed by atoms with van der Waals surface area (Å²) in [6, 6.07) is 4.08. The van der Waals surface area contributed by atoms with Crippen molar-refractivity contribution in [3.63, 3.8) is 0 Å². The zero-order valence-electron chi connectivity index (χ0n) is 12.4. The molecule has 126 valence electrons. The van der Waals surface area contributed by atoms with Gasteiger partial charge < -0.3 is 5.32 Å². The van der Waals surface area contributed by atoms with Gasteiger partial charge in [-0.25, -0.2) is 8.42 Å². The van der Waals surface area contributed by atoms with E-state index >= 15 is 0 Å². The molecule has 23 heavy (non-hydrogen) atoms. The second-order valence-electron chi connectivity index (χ2n) is 5.51. The van der Waals surface area contributed by atoms with Gasteiger partial charge in [-0.2, -0.15) is 13.2 Å². The number of hydrogen-bond acceptors (Lipinski definition) is 3. The predicted octanol–water partition coefficient (Wildman–Crippen LogP) is 2.41. The summed E-state index contributed by atoms with van der Waals surface area (Å²) >= 11 is 0. The minimum Gasteiger partial charge on any atom is -0.349 e. The van der Waals surface area contributed by atoms with E-state index in [1.165, 1.54) is 18.2 Å². The second kappa shape index (κ2) is 6.35. The number of rotatable bonds is 3. The Morgan fingerprint density at radius 3 is 2.35 bits per heavy atom. The molecule has 1 atom stereocenters. The number of nitrogens with one attached hydrogen (secondary N) is 1. The van der Waals surface area contributed by atoms with Crippen molar-refractivity contribution in [1.29, 1.82) is 0 Å². The summed E-state index contributed by atoms with van der Waals surface area (Å²) in [5, 5.41) is 2.60. The van der Waals surface area contributed by atoms with Crippen LogP contribution in [0.3, 0.4) is 0 Å². The van der Waals surface area contributed by atoms with Crippen molar-refractivity contribution in [2.45, 2.75) is 25.6 Å². The normalized spacial score (nSPS) is 21.2. The van der Waals surface area contributed by atoms with Gasteiger partial charge in [0.1, 0.15) is 0 Å². The Morgan fingerprint density at radius 1 is 1.26 bits per heavy atom. The van der Waals surface area contributed by atoms with Crippen LogP contribution in [0.4, 0.5) is 13.2 Å². The van der Waals surface area contributed by atoms with E-state index in [-0.39, 0.29) is 11.5 Å². The number of allylic oxidation sites excluding steroid dienone is 1. The largest absolute Gasteiger partial charge is 0.416 e. The number of amides is 1. The first-order valence-electron chi connectivity index (χ1n) is 6.94. The van der Waals surface area contributed by atoms with E-state index in [4.69, 9.17) is 0 Å². The number of hydrogen-bond donors (Lipinski definition) is 1. The highest BCUT2D eigenvalue weighted by Gasteiger charge is 2.30. The van der Waals surface area contributed by atoms with E-state index in [9.17, 15) is 26.4 Å². The summed E-state index contributed by atoms with van der Waals surface area (Å²) in [4.78, 5) is 11.9. The zero-order chi connectivity index (χ0) is 17.3. The third-order valence-corrected chi connectivity index (χ3v) is 5.36. The van der Waals surface area contributed by atoms with Gasteiger partial charge in [0.25, 0.3) is 0 Å². The van der Waals surface area contributed by atoms with Crippen molar-refractivity contribution in [2.75, 3.05) is 11.5 Å². The van der Waals surface area contributed by atoms with Crippen LogP contribution in [0.15, 0.2) is 30.3 Å². The minimum atomic E-state index is -4.40. The van der Waals surface area contributed by atoms with E-state index in [1.54, 1.807) is 6.92 Å². The van der Waals surface area contributed by atoms with E-state index in [0.29, 0.717) is 17.6 Å². The molecule has 1 aliphatic heterocycles. The number of benzene rings is 1. The lowest BCUT2D eigenvalue weighted by atomic mass is 10.0. The molecule has 0 bridgehead atoms. The van der Waals surface area contributed by atoms with Crippen LogP contribution >= 0.6 is 0 Å². The van der Waals surface area contributed by atoms with Crippen LogP contribution in [0.5, 0.6) is 0 Å². The molecule has 0 saturated carbocycles. The lowest BCUT2D eigenvalue weighted by Crippen LogP contribution is -2.34. The second-order valence-corrected chi connectivity index (χ2v) is 7.74. The van der Waals surface area contributed by atoms with Crippen LogP contribution in [0, 0.1) is 0 Å². The predicted molar refractivity (Wildman–Crippen MR) is 80.3 cm³/mol.